The Morgan fingerprint density at radius 1 is 1.23 bits per heavy atom. The van der Waals surface area contributed by atoms with Crippen LogP contribution in [0.5, 0.6) is 0 Å². The van der Waals surface area contributed by atoms with Crippen LogP contribution in [0.1, 0.15) is 56.5 Å². The summed E-state index contributed by atoms with van der Waals surface area (Å²) in [5.74, 6) is -0.930. The molecule has 1 amide bonds. The van der Waals surface area contributed by atoms with E-state index >= 15 is 0 Å². The number of carbonyl (C=O) groups is 1. The van der Waals surface area contributed by atoms with Crippen molar-refractivity contribution in [2.24, 2.45) is 5.41 Å². The summed E-state index contributed by atoms with van der Waals surface area (Å²) in [5, 5.41) is 7.38. The zero-order valence-corrected chi connectivity index (χ0v) is 21.7. The Hall–Kier alpha value is -2.75. The Morgan fingerprint density at radius 3 is 2.60 bits per heavy atom. The second-order valence-electron chi connectivity index (χ2n) is 10.5. The zero-order chi connectivity index (χ0) is 25.1. The number of rotatable bonds is 2. The van der Waals surface area contributed by atoms with Crippen molar-refractivity contribution in [1.29, 1.82) is 0 Å². The van der Waals surface area contributed by atoms with E-state index in [1.807, 2.05) is 17.5 Å². The molecule has 1 aliphatic carbocycles. The first-order chi connectivity index (χ1) is 16.5. The molecule has 5 rings (SSSR count). The van der Waals surface area contributed by atoms with Crippen molar-refractivity contribution in [2.45, 2.75) is 58.6 Å². The van der Waals surface area contributed by atoms with Crippen molar-refractivity contribution < 1.29 is 18.3 Å². The lowest BCUT2D eigenvalue weighted by molar-refractivity contribution is 0.0428. The molecule has 0 saturated carbocycles. The number of nitrogens with zero attached hydrogens (tertiary/aromatic N) is 4. The van der Waals surface area contributed by atoms with Crippen molar-refractivity contribution in [3.63, 3.8) is 0 Å². The van der Waals surface area contributed by atoms with Crippen molar-refractivity contribution in [2.75, 3.05) is 18.0 Å². The largest absolute Gasteiger partial charge is 0.444 e. The normalized spacial score (nSPS) is 19.3. The van der Waals surface area contributed by atoms with Gasteiger partial charge in [-0.15, -0.1) is 0 Å². The quantitative estimate of drug-likeness (QED) is 0.459. The summed E-state index contributed by atoms with van der Waals surface area (Å²) in [6.45, 7) is 8.67. The Bertz CT molecular complexity index is 1310. The number of benzene rings is 1. The van der Waals surface area contributed by atoms with E-state index < -0.39 is 29.4 Å². The summed E-state index contributed by atoms with van der Waals surface area (Å²) < 4.78 is 36.5. The molecule has 1 atom stereocenters. The number of alkyl carbamates (subject to hydrolysis) is 1. The highest BCUT2D eigenvalue weighted by molar-refractivity contribution is 9.10. The number of hydrogen-bond acceptors (Lipinski definition) is 5. The smallest absolute Gasteiger partial charge is 0.408 e. The van der Waals surface area contributed by atoms with Gasteiger partial charge in [0.05, 0.1) is 17.9 Å². The van der Waals surface area contributed by atoms with Crippen LogP contribution in [0.15, 0.2) is 29.0 Å². The number of hydrogen-bond donors (Lipinski definition) is 1. The van der Waals surface area contributed by atoms with Crippen molar-refractivity contribution in [3.05, 3.63) is 57.5 Å². The number of aromatic nitrogens is 3. The van der Waals surface area contributed by atoms with E-state index in [1.165, 1.54) is 12.1 Å². The lowest BCUT2D eigenvalue weighted by Gasteiger charge is -2.44. The number of carbonyl (C=O) groups excluding carboxylic acids is 1. The van der Waals surface area contributed by atoms with Gasteiger partial charge in [0.1, 0.15) is 15.7 Å². The molecule has 0 bridgehead atoms. The first kappa shape index (κ1) is 24.0. The lowest BCUT2D eigenvalue weighted by atomic mass is 9.72. The minimum Gasteiger partial charge on any atom is -0.444 e. The molecule has 1 saturated heterocycles. The van der Waals surface area contributed by atoms with E-state index in [2.05, 4.69) is 31.2 Å². The van der Waals surface area contributed by atoms with Gasteiger partial charge in [-0.05, 0) is 92.2 Å². The van der Waals surface area contributed by atoms with Crippen molar-refractivity contribution >= 4 is 33.4 Å². The van der Waals surface area contributed by atoms with Gasteiger partial charge in [-0.25, -0.2) is 23.1 Å². The van der Waals surface area contributed by atoms with Gasteiger partial charge in [0.15, 0.2) is 17.5 Å². The number of nitrogens with one attached hydrogen (secondary N) is 1. The van der Waals surface area contributed by atoms with Crippen LogP contribution in [0.3, 0.4) is 0 Å². The Kier molecular flexibility index (Phi) is 5.77. The molecule has 1 spiro atoms. The van der Waals surface area contributed by atoms with Crippen LogP contribution in [-0.4, -0.2) is 39.4 Å². The van der Waals surface area contributed by atoms with E-state index in [0.717, 1.165) is 27.2 Å². The fourth-order valence-corrected chi connectivity index (χ4v) is 5.77. The minimum atomic E-state index is -0.910. The molecule has 3 aromatic rings. The van der Waals surface area contributed by atoms with E-state index in [4.69, 9.17) is 9.72 Å². The molecular formula is C25H28BrF2N5O2. The van der Waals surface area contributed by atoms with Gasteiger partial charge >= 0.3 is 6.09 Å². The third kappa shape index (κ3) is 4.26. The van der Waals surface area contributed by atoms with Gasteiger partial charge in [-0.2, -0.15) is 5.10 Å². The maximum absolute atomic E-state index is 14.2. The highest BCUT2D eigenvalue weighted by Crippen LogP contribution is 2.53. The Balaban J connectivity index is 1.45. The van der Waals surface area contributed by atoms with Crippen molar-refractivity contribution in [1.82, 2.24) is 19.9 Å². The summed E-state index contributed by atoms with van der Waals surface area (Å²) in [7, 11) is 0. The van der Waals surface area contributed by atoms with Crippen LogP contribution in [0.25, 0.3) is 5.52 Å². The molecule has 7 nitrogen and oxygen atoms in total. The molecule has 10 heteroatoms. The van der Waals surface area contributed by atoms with E-state index in [9.17, 15) is 13.6 Å². The lowest BCUT2D eigenvalue weighted by Crippen LogP contribution is -2.48. The highest BCUT2D eigenvalue weighted by Gasteiger charge is 2.49. The number of aryl methyl sites for hydroxylation is 1. The molecule has 1 aromatic carbocycles. The standard InChI is InChI=1S/C25H28BrF2N5O2/c1-14-21(26)33-19(5-8-29-33)22(30-14)32-9-6-25(7-10-32)13-15-11-17(27)18(28)12-16(15)20(25)31-23(34)35-24(2,3)4/h5,8,11-12,20H,6-7,9-10,13H2,1-4H3,(H,31,34)/t20-/m1/s1. The maximum atomic E-state index is 14.2. The molecule has 1 aliphatic heterocycles. The SMILES string of the molecule is Cc1nc(N2CCC3(CC2)Cc2cc(F)c(F)cc2[C@H]3NC(=O)OC(C)(C)C)c2ccnn2c1Br. The monoisotopic (exact) mass is 547 g/mol. The molecular weight excluding hydrogens is 520 g/mol. The predicted octanol–water partition coefficient (Wildman–Crippen LogP) is 5.49. The summed E-state index contributed by atoms with van der Waals surface area (Å²) in [4.78, 5) is 19.8. The Morgan fingerprint density at radius 2 is 1.91 bits per heavy atom. The first-order valence-electron chi connectivity index (χ1n) is 11.7. The Labute approximate surface area is 211 Å². The first-order valence-corrected chi connectivity index (χ1v) is 12.5. The predicted molar refractivity (Wildman–Crippen MR) is 131 cm³/mol. The summed E-state index contributed by atoms with van der Waals surface area (Å²) in [6, 6.07) is 3.95. The minimum absolute atomic E-state index is 0.378. The van der Waals surface area contributed by atoms with Crippen LogP contribution in [0.4, 0.5) is 19.4 Å². The number of ether oxygens (including phenoxy) is 1. The van der Waals surface area contributed by atoms with Crippen LogP contribution >= 0.6 is 15.9 Å². The maximum Gasteiger partial charge on any atom is 0.408 e. The van der Waals surface area contributed by atoms with Gasteiger partial charge in [-0.1, -0.05) is 0 Å². The molecule has 3 heterocycles. The molecule has 35 heavy (non-hydrogen) atoms. The molecule has 0 unspecified atom stereocenters. The number of piperidine rings is 1. The van der Waals surface area contributed by atoms with Crippen LogP contribution in [-0.2, 0) is 11.2 Å². The summed E-state index contributed by atoms with van der Waals surface area (Å²) >= 11 is 3.55. The second-order valence-corrected chi connectivity index (χ2v) is 11.3. The third-order valence-corrected chi connectivity index (χ3v) is 7.91. The second kappa shape index (κ2) is 8.43. The third-order valence-electron chi connectivity index (χ3n) is 7.00. The molecule has 2 aromatic heterocycles. The fourth-order valence-electron chi connectivity index (χ4n) is 5.40. The molecule has 1 N–H and O–H groups in total. The molecule has 0 radical (unpaired) electrons. The van der Waals surface area contributed by atoms with Crippen LogP contribution in [0, 0.1) is 24.0 Å². The van der Waals surface area contributed by atoms with Crippen LogP contribution in [0.2, 0.25) is 0 Å². The van der Waals surface area contributed by atoms with Crippen molar-refractivity contribution in [3.8, 4) is 0 Å². The number of anilines is 1. The average Bonchev–Trinajstić information content (AvgIpc) is 3.36. The number of halogens is 3. The molecule has 2 aliphatic rings. The highest BCUT2D eigenvalue weighted by atomic mass is 79.9. The molecule has 186 valence electrons. The van der Waals surface area contributed by atoms with Gasteiger partial charge in [0.2, 0.25) is 0 Å². The van der Waals surface area contributed by atoms with Crippen LogP contribution < -0.4 is 10.2 Å². The van der Waals surface area contributed by atoms with E-state index in [1.54, 1.807) is 27.0 Å². The zero-order valence-electron chi connectivity index (χ0n) is 20.2. The van der Waals surface area contributed by atoms with Gasteiger partial charge in [0.25, 0.3) is 0 Å². The van der Waals surface area contributed by atoms with Gasteiger partial charge < -0.3 is 15.0 Å². The number of amides is 1. The van der Waals surface area contributed by atoms with E-state index in [0.29, 0.717) is 37.9 Å². The summed E-state index contributed by atoms with van der Waals surface area (Å²) in [6.07, 6.45) is 3.16. The fraction of sp³-hybridized carbons (Fsp3) is 0.480. The topological polar surface area (TPSA) is 71.8 Å². The number of fused-ring (bicyclic) bond motifs is 2. The van der Waals surface area contributed by atoms with Gasteiger partial charge in [-0.3, -0.25) is 0 Å². The average molecular weight is 548 g/mol. The summed E-state index contributed by atoms with van der Waals surface area (Å²) in [5.41, 5.74) is 2.04. The van der Waals surface area contributed by atoms with Gasteiger partial charge in [0, 0.05) is 18.5 Å². The van der Waals surface area contributed by atoms with E-state index in [-0.39, 0.29) is 5.41 Å². The molecule has 1 fully saturated rings.